The van der Waals surface area contributed by atoms with Crippen molar-refractivity contribution >= 4 is 32.6 Å². The fraction of sp³-hybridized carbons (Fsp3) is 0.0667. The second-order valence-corrected chi connectivity index (χ2v) is 4.72. The Morgan fingerprint density at radius 2 is 2.05 bits per heavy atom. The largest absolute Gasteiger partial charge is 0.343 e. The molecule has 0 amide bonds. The van der Waals surface area contributed by atoms with E-state index in [1.807, 2.05) is 31.4 Å². The molecule has 19 heavy (non-hydrogen) atoms. The summed E-state index contributed by atoms with van der Waals surface area (Å²) < 4.78 is 2.06. The summed E-state index contributed by atoms with van der Waals surface area (Å²) in [6.45, 7) is 0. The first kappa shape index (κ1) is 10.3. The van der Waals surface area contributed by atoms with Crippen LogP contribution >= 0.6 is 0 Å². The number of pyridine rings is 2. The van der Waals surface area contributed by atoms with Gasteiger partial charge in [0.15, 0.2) is 0 Å². The first-order chi connectivity index (χ1) is 9.25. The van der Waals surface area contributed by atoms with Gasteiger partial charge in [-0.05, 0) is 29.7 Å². The van der Waals surface area contributed by atoms with Gasteiger partial charge >= 0.3 is 0 Å². The average Bonchev–Trinajstić information content (AvgIpc) is 2.71. The van der Waals surface area contributed by atoms with Crippen molar-refractivity contribution in [1.82, 2.24) is 14.5 Å². The maximum absolute atomic E-state index is 12.1. The van der Waals surface area contributed by atoms with Crippen molar-refractivity contribution in [3.63, 3.8) is 0 Å². The van der Waals surface area contributed by atoms with Crippen LogP contribution in [0.5, 0.6) is 0 Å². The summed E-state index contributed by atoms with van der Waals surface area (Å²) in [6, 6.07) is 8.05. The predicted octanol–water partition coefficient (Wildman–Crippen LogP) is 2.57. The van der Waals surface area contributed by atoms with Crippen LogP contribution in [0.2, 0.25) is 0 Å². The first-order valence-corrected chi connectivity index (χ1v) is 6.09. The molecule has 1 aromatic carbocycles. The van der Waals surface area contributed by atoms with Crippen molar-refractivity contribution in [2.45, 2.75) is 0 Å². The Labute approximate surface area is 108 Å². The van der Waals surface area contributed by atoms with E-state index < -0.39 is 0 Å². The molecule has 3 heterocycles. The normalized spacial score (nSPS) is 11.6. The van der Waals surface area contributed by atoms with Crippen LogP contribution in [-0.4, -0.2) is 14.5 Å². The molecule has 0 radical (unpaired) electrons. The number of hydrogen-bond donors (Lipinski definition) is 1. The minimum atomic E-state index is -0.0497. The van der Waals surface area contributed by atoms with E-state index in [2.05, 4.69) is 20.6 Å². The molecule has 0 spiro atoms. The Bertz CT molecular complexity index is 995. The lowest BCUT2D eigenvalue weighted by Gasteiger charge is -2.00. The van der Waals surface area contributed by atoms with Crippen molar-refractivity contribution in [2.24, 2.45) is 7.05 Å². The summed E-state index contributed by atoms with van der Waals surface area (Å²) in [5.74, 6) is 0. The second kappa shape index (κ2) is 3.45. The van der Waals surface area contributed by atoms with E-state index in [4.69, 9.17) is 0 Å². The maximum atomic E-state index is 12.1. The molecule has 0 saturated heterocycles. The molecule has 0 aliphatic heterocycles. The topological polar surface area (TPSA) is 50.7 Å². The molecule has 4 heteroatoms. The summed E-state index contributed by atoms with van der Waals surface area (Å²) >= 11 is 0. The molecule has 4 nitrogen and oxygen atoms in total. The second-order valence-electron chi connectivity index (χ2n) is 4.72. The average molecular weight is 249 g/mol. The number of H-pyrrole nitrogens is 1. The SMILES string of the molecule is Cn1c2cc3ccncc3cc2c2c(=O)[nH]ccc21. The van der Waals surface area contributed by atoms with Gasteiger partial charge in [-0.15, -0.1) is 0 Å². The number of aromatic amines is 1. The highest BCUT2D eigenvalue weighted by Gasteiger charge is 2.11. The Hall–Kier alpha value is -2.62. The van der Waals surface area contributed by atoms with Crippen LogP contribution in [0.25, 0.3) is 32.6 Å². The molecule has 4 aromatic rings. The molecular formula is C15H11N3O. The van der Waals surface area contributed by atoms with Gasteiger partial charge in [-0.1, -0.05) is 0 Å². The summed E-state index contributed by atoms with van der Waals surface area (Å²) in [6.07, 6.45) is 5.29. The highest BCUT2D eigenvalue weighted by Crippen LogP contribution is 2.28. The Balaban J connectivity index is 2.37. The van der Waals surface area contributed by atoms with Gasteiger partial charge in [0.05, 0.1) is 10.9 Å². The van der Waals surface area contributed by atoms with Gasteiger partial charge < -0.3 is 9.55 Å². The summed E-state index contributed by atoms with van der Waals surface area (Å²) in [5, 5.41) is 3.89. The lowest BCUT2D eigenvalue weighted by molar-refractivity contribution is 1.01. The third kappa shape index (κ3) is 1.28. The third-order valence-corrected chi connectivity index (χ3v) is 3.69. The van der Waals surface area contributed by atoms with Crippen LogP contribution < -0.4 is 5.56 Å². The van der Waals surface area contributed by atoms with Gasteiger partial charge in [0.1, 0.15) is 0 Å². The van der Waals surface area contributed by atoms with Gasteiger partial charge in [0.25, 0.3) is 5.56 Å². The molecule has 0 aliphatic carbocycles. The molecule has 0 atom stereocenters. The van der Waals surface area contributed by atoms with Crippen molar-refractivity contribution in [3.05, 3.63) is 53.2 Å². The first-order valence-electron chi connectivity index (χ1n) is 6.09. The molecule has 3 aromatic heterocycles. The Morgan fingerprint density at radius 3 is 2.95 bits per heavy atom. The smallest absolute Gasteiger partial charge is 0.258 e. The van der Waals surface area contributed by atoms with Crippen molar-refractivity contribution < 1.29 is 0 Å². The molecule has 0 fully saturated rings. The van der Waals surface area contributed by atoms with Gasteiger partial charge in [-0.2, -0.15) is 0 Å². The number of benzene rings is 1. The summed E-state index contributed by atoms with van der Waals surface area (Å²) in [7, 11) is 1.98. The molecule has 4 rings (SSSR count). The third-order valence-electron chi connectivity index (χ3n) is 3.69. The van der Waals surface area contributed by atoms with E-state index in [1.54, 1.807) is 12.4 Å². The monoisotopic (exact) mass is 249 g/mol. The van der Waals surface area contributed by atoms with Crippen LogP contribution in [0.3, 0.4) is 0 Å². The summed E-state index contributed by atoms with van der Waals surface area (Å²) in [5.41, 5.74) is 1.96. The highest BCUT2D eigenvalue weighted by molar-refractivity contribution is 6.12. The molecule has 0 bridgehead atoms. The molecule has 92 valence electrons. The standard InChI is InChI=1S/C15H11N3O/c1-18-12-3-5-17-15(19)14(12)11-6-10-8-16-4-2-9(10)7-13(11)18/h2-8H,1H3,(H,17,19). The number of rotatable bonds is 0. The Morgan fingerprint density at radius 1 is 1.16 bits per heavy atom. The zero-order valence-electron chi connectivity index (χ0n) is 10.3. The molecule has 1 N–H and O–H groups in total. The van der Waals surface area contributed by atoms with Gasteiger partial charge in [-0.25, -0.2) is 0 Å². The number of fused-ring (bicyclic) bond motifs is 4. The van der Waals surface area contributed by atoms with Crippen molar-refractivity contribution in [2.75, 3.05) is 0 Å². The van der Waals surface area contributed by atoms with Crippen LogP contribution in [0.4, 0.5) is 0 Å². The van der Waals surface area contributed by atoms with E-state index in [0.717, 1.165) is 32.6 Å². The van der Waals surface area contributed by atoms with E-state index in [9.17, 15) is 4.79 Å². The van der Waals surface area contributed by atoms with Crippen molar-refractivity contribution in [1.29, 1.82) is 0 Å². The minimum absolute atomic E-state index is 0.0497. The van der Waals surface area contributed by atoms with Crippen LogP contribution in [-0.2, 0) is 7.05 Å². The number of aromatic nitrogens is 3. The van der Waals surface area contributed by atoms with Gasteiger partial charge in [0, 0.05) is 41.9 Å². The number of nitrogens with zero attached hydrogens (tertiary/aromatic N) is 2. The maximum Gasteiger partial charge on any atom is 0.258 e. The van der Waals surface area contributed by atoms with Crippen LogP contribution in [0.1, 0.15) is 0 Å². The lowest BCUT2D eigenvalue weighted by atomic mass is 10.1. The van der Waals surface area contributed by atoms with Gasteiger partial charge in [-0.3, -0.25) is 9.78 Å². The van der Waals surface area contributed by atoms with E-state index in [-0.39, 0.29) is 5.56 Å². The molecule has 0 unspecified atom stereocenters. The van der Waals surface area contributed by atoms with E-state index >= 15 is 0 Å². The molecule has 0 aliphatic rings. The highest BCUT2D eigenvalue weighted by atomic mass is 16.1. The van der Waals surface area contributed by atoms with E-state index in [0.29, 0.717) is 0 Å². The van der Waals surface area contributed by atoms with Crippen LogP contribution in [0, 0.1) is 0 Å². The zero-order valence-corrected chi connectivity index (χ0v) is 10.3. The van der Waals surface area contributed by atoms with E-state index in [1.165, 1.54) is 0 Å². The molecular weight excluding hydrogens is 238 g/mol. The summed E-state index contributed by atoms with van der Waals surface area (Å²) in [4.78, 5) is 18.9. The number of hydrogen-bond acceptors (Lipinski definition) is 2. The predicted molar refractivity (Wildman–Crippen MR) is 76.3 cm³/mol. The molecule has 0 saturated carbocycles. The number of aryl methyl sites for hydroxylation is 1. The Kier molecular flexibility index (Phi) is 1.87. The van der Waals surface area contributed by atoms with Crippen LogP contribution in [0.15, 0.2) is 47.7 Å². The van der Waals surface area contributed by atoms with Gasteiger partial charge in [0.2, 0.25) is 0 Å². The fourth-order valence-corrected chi connectivity index (χ4v) is 2.74. The fourth-order valence-electron chi connectivity index (χ4n) is 2.74. The number of nitrogens with one attached hydrogen (secondary N) is 1. The lowest BCUT2D eigenvalue weighted by Crippen LogP contribution is -2.03. The zero-order chi connectivity index (χ0) is 13.0. The minimum Gasteiger partial charge on any atom is -0.343 e. The van der Waals surface area contributed by atoms with Crippen molar-refractivity contribution in [3.8, 4) is 0 Å². The quantitative estimate of drug-likeness (QED) is 0.520.